The Bertz CT molecular complexity index is 1480. The van der Waals surface area contributed by atoms with E-state index >= 15 is 0 Å². The van der Waals surface area contributed by atoms with Gasteiger partial charge in [-0.05, 0) is 61.5 Å². The molecule has 1 heterocycles. The topological polar surface area (TPSA) is 108 Å². The Morgan fingerprint density at radius 1 is 1.04 bits per heavy atom. The fourth-order valence-electron chi connectivity index (χ4n) is 4.62. The highest BCUT2D eigenvalue weighted by Gasteiger charge is 2.33. The summed E-state index contributed by atoms with van der Waals surface area (Å²) in [7, 11) is 1.88. The smallest absolute Gasteiger partial charge is 0.251 e. The third-order valence-corrected chi connectivity index (χ3v) is 9.56. The summed E-state index contributed by atoms with van der Waals surface area (Å²) in [6.45, 7) is 9.36. The van der Waals surface area contributed by atoms with E-state index in [1.807, 2.05) is 0 Å². The molecule has 1 atom stereocenters. The summed E-state index contributed by atoms with van der Waals surface area (Å²) in [5, 5.41) is 14.0. The molecule has 9 nitrogen and oxygen atoms in total. The molecule has 45 heavy (non-hydrogen) atoms. The van der Waals surface area contributed by atoms with E-state index in [1.54, 1.807) is 30.3 Å². The van der Waals surface area contributed by atoms with Gasteiger partial charge in [0.1, 0.15) is 35.8 Å². The highest BCUT2D eigenvalue weighted by atomic mass is 35.5. The van der Waals surface area contributed by atoms with Gasteiger partial charge in [-0.3, -0.25) is 4.79 Å². The maximum absolute atomic E-state index is 13.7. The van der Waals surface area contributed by atoms with Gasteiger partial charge in [-0.25, -0.2) is 9.37 Å². The van der Waals surface area contributed by atoms with Crippen molar-refractivity contribution < 1.29 is 38.0 Å². The summed E-state index contributed by atoms with van der Waals surface area (Å²) < 4.78 is 42.2. The number of aliphatic hydroxyl groups is 1. The van der Waals surface area contributed by atoms with E-state index in [9.17, 15) is 14.3 Å². The van der Waals surface area contributed by atoms with Gasteiger partial charge in [-0.1, -0.05) is 31.2 Å². The fraction of sp³-hybridized carbons (Fsp3) is 0.455. The number of amides is 1. The molecular formula is C33H42ClFN2O7Si. The van der Waals surface area contributed by atoms with Gasteiger partial charge in [0, 0.05) is 38.6 Å². The number of nitrogens with zero attached hydrogens (tertiary/aromatic N) is 1. The van der Waals surface area contributed by atoms with E-state index in [0.717, 1.165) is 25.5 Å². The SMILES string of the molecule is COc1cc(C(=O)NCC(C)(O)c2ccc(OC)c(-c3ccc(F)c(Cl)c3)n2)ccc1O[C@H]1C[C@H](OCOCC[Si](C)(C)C)C1. The van der Waals surface area contributed by atoms with Crippen molar-refractivity contribution in [1.29, 1.82) is 0 Å². The number of carbonyl (C=O) groups excluding carboxylic acids is 1. The number of hydrogen-bond donors (Lipinski definition) is 2. The van der Waals surface area contributed by atoms with Gasteiger partial charge in [0.2, 0.25) is 0 Å². The molecule has 1 saturated carbocycles. The summed E-state index contributed by atoms with van der Waals surface area (Å²) >= 11 is 5.97. The Kier molecular flexibility index (Phi) is 11.5. The molecule has 12 heteroatoms. The molecule has 0 bridgehead atoms. The van der Waals surface area contributed by atoms with Crippen molar-refractivity contribution in [2.45, 2.75) is 63.3 Å². The van der Waals surface area contributed by atoms with E-state index in [2.05, 4.69) is 29.9 Å². The van der Waals surface area contributed by atoms with Crippen LogP contribution in [-0.2, 0) is 15.1 Å². The summed E-state index contributed by atoms with van der Waals surface area (Å²) in [6.07, 6.45) is 1.56. The van der Waals surface area contributed by atoms with Crippen molar-refractivity contribution in [1.82, 2.24) is 10.3 Å². The zero-order valence-corrected chi connectivity index (χ0v) is 28.4. The van der Waals surface area contributed by atoms with Gasteiger partial charge in [-0.15, -0.1) is 0 Å². The molecule has 1 aromatic heterocycles. The Morgan fingerprint density at radius 3 is 2.42 bits per heavy atom. The van der Waals surface area contributed by atoms with E-state index in [4.69, 9.17) is 35.3 Å². The number of benzene rings is 2. The highest BCUT2D eigenvalue weighted by molar-refractivity contribution is 6.76. The van der Waals surface area contributed by atoms with Crippen LogP contribution in [0.1, 0.15) is 35.8 Å². The third kappa shape index (κ3) is 9.40. The lowest BCUT2D eigenvalue weighted by Gasteiger charge is -2.35. The second kappa shape index (κ2) is 14.9. The van der Waals surface area contributed by atoms with Gasteiger partial charge in [-0.2, -0.15) is 0 Å². The predicted molar refractivity (Wildman–Crippen MR) is 174 cm³/mol. The van der Waals surface area contributed by atoms with Gasteiger partial charge < -0.3 is 34.1 Å². The first-order valence-corrected chi connectivity index (χ1v) is 18.9. The standard InChI is InChI=1S/C33H42ClFN2O7Si/c1-33(39,30-12-11-28(40-2)31(37-30)21-7-9-26(35)25(34)15-21)19-36-32(38)22-8-10-27(29(16-22)41-3)44-24-17-23(18-24)43-20-42-13-14-45(4,5)6/h7-12,15-16,23-24,39H,13-14,17-20H2,1-6H3,(H,36,38)/t23-,24-,33?. The molecule has 0 radical (unpaired) electrons. The molecular weight excluding hydrogens is 619 g/mol. The Labute approximate surface area is 270 Å². The summed E-state index contributed by atoms with van der Waals surface area (Å²) in [5.41, 5.74) is -0.0402. The number of nitrogens with one attached hydrogen (secondary N) is 1. The van der Waals surface area contributed by atoms with Crippen LogP contribution >= 0.6 is 11.6 Å². The first-order chi connectivity index (χ1) is 21.3. The van der Waals surface area contributed by atoms with Crippen molar-refractivity contribution >= 4 is 25.6 Å². The van der Waals surface area contributed by atoms with E-state index < -0.39 is 25.4 Å². The number of halogens is 2. The minimum atomic E-state index is -1.55. The second-order valence-corrected chi connectivity index (χ2v) is 18.6. The number of pyridine rings is 1. The van der Waals surface area contributed by atoms with Gasteiger partial charge in [0.15, 0.2) is 11.5 Å². The van der Waals surface area contributed by atoms with E-state index in [-0.39, 0.29) is 29.5 Å². The van der Waals surface area contributed by atoms with Crippen LogP contribution in [0.5, 0.6) is 17.2 Å². The molecule has 1 aliphatic rings. The van der Waals surface area contributed by atoms with Crippen LogP contribution < -0.4 is 19.5 Å². The van der Waals surface area contributed by atoms with Crippen molar-refractivity contribution in [3.63, 3.8) is 0 Å². The molecule has 1 aliphatic carbocycles. The Hall–Kier alpha value is -3.22. The van der Waals surface area contributed by atoms with Crippen molar-refractivity contribution in [2.24, 2.45) is 0 Å². The monoisotopic (exact) mass is 660 g/mol. The maximum Gasteiger partial charge on any atom is 0.251 e. The fourth-order valence-corrected chi connectivity index (χ4v) is 5.56. The largest absolute Gasteiger partial charge is 0.494 e. The first kappa shape index (κ1) is 34.6. The van der Waals surface area contributed by atoms with E-state index in [1.165, 1.54) is 39.3 Å². The van der Waals surface area contributed by atoms with Gasteiger partial charge in [0.25, 0.3) is 5.91 Å². The summed E-state index contributed by atoms with van der Waals surface area (Å²) in [4.78, 5) is 17.6. The molecule has 0 aliphatic heterocycles. The minimum Gasteiger partial charge on any atom is -0.494 e. The lowest BCUT2D eigenvalue weighted by molar-refractivity contribution is -0.134. The molecule has 2 aromatic carbocycles. The summed E-state index contributed by atoms with van der Waals surface area (Å²) in [6, 6.07) is 13.5. The van der Waals surface area contributed by atoms with Crippen LogP contribution in [0, 0.1) is 5.82 Å². The molecule has 1 unspecified atom stereocenters. The van der Waals surface area contributed by atoms with Crippen LogP contribution in [0.2, 0.25) is 30.7 Å². The lowest BCUT2D eigenvalue weighted by Crippen LogP contribution is -2.40. The quantitative estimate of drug-likeness (QED) is 0.109. The molecule has 4 rings (SSSR count). The maximum atomic E-state index is 13.7. The molecule has 0 saturated heterocycles. The molecule has 1 fully saturated rings. The van der Waals surface area contributed by atoms with Crippen LogP contribution in [0.15, 0.2) is 48.5 Å². The Balaban J connectivity index is 1.32. The first-order valence-electron chi connectivity index (χ1n) is 14.8. The zero-order chi connectivity index (χ0) is 32.8. The molecule has 2 N–H and O–H groups in total. The van der Waals surface area contributed by atoms with Crippen LogP contribution in [0.3, 0.4) is 0 Å². The average Bonchev–Trinajstić information content (AvgIpc) is 2.98. The third-order valence-electron chi connectivity index (χ3n) is 7.57. The van der Waals surface area contributed by atoms with Crippen LogP contribution in [0.25, 0.3) is 11.3 Å². The van der Waals surface area contributed by atoms with Crippen molar-refractivity contribution in [2.75, 3.05) is 34.2 Å². The molecule has 3 aromatic rings. The van der Waals surface area contributed by atoms with Crippen molar-refractivity contribution in [3.05, 3.63) is 70.6 Å². The van der Waals surface area contributed by atoms with Gasteiger partial charge >= 0.3 is 0 Å². The van der Waals surface area contributed by atoms with E-state index in [0.29, 0.717) is 40.9 Å². The number of carbonyl (C=O) groups is 1. The molecule has 244 valence electrons. The van der Waals surface area contributed by atoms with Crippen LogP contribution in [0.4, 0.5) is 4.39 Å². The zero-order valence-electron chi connectivity index (χ0n) is 26.6. The minimum absolute atomic E-state index is 0.0199. The normalized spacial score (nSPS) is 17.6. The lowest BCUT2D eigenvalue weighted by atomic mass is 9.92. The number of aromatic nitrogens is 1. The van der Waals surface area contributed by atoms with Gasteiger partial charge in [0.05, 0.1) is 37.6 Å². The summed E-state index contributed by atoms with van der Waals surface area (Å²) in [5.74, 6) is 0.407. The average molecular weight is 661 g/mol. The second-order valence-electron chi connectivity index (χ2n) is 12.5. The number of hydrogen-bond acceptors (Lipinski definition) is 8. The molecule has 1 amide bonds. The van der Waals surface area contributed by atoms with Crippen molar-refractivity contribution in [3.8, 4) is 28.5 Å². The molecule has 0 spiro atoms. The Morgan fingerprint density at radius 2 is 1.76 bits per heavy atom. The predicted octanol–water partition coefficient (Wildman–Crippen LogP) is 6.43. The number of rotatable bonds is 15. The van der Waals surface area contributed by atoms with Crippen LogP contribution in [-0.4, -0.2) is 70.4 Å². The highest BCUT2D eigenvalue weighted by Crippen LogP contribution is 2.35. The number of methoxy groups -OCH3 is 2. The number of ether oxygens (including phenoxy) is 5.